The highest BCUT2D eigenvalue weighted by atomic mass is 32.1. The molecule has 23 heavy (non-hydrogen) atoms. The summed E-state index contributed by atoms with van der Waals surface area (Å²) < 4.78 is 0. The molecule has 0 spiro atoms. The van der Waals surface area contributed by atoms with Crippen LogP contribution in [0.25, 0.3) is 0 Å². The summed E-state index contributed by atoms with van der Waals surface area (Å²) in [5, 5.41) is 16.2. The molecule has 2 rings (SSSR count). The summed E-state index contributed by atoms with van der Waals surface area (Å²) in [5.74, 6) is -1.61. The van der Waals surface area contributed by atoms with Crippen molar-refractivity contribution in [3.05, 3.63) is 65.2 Å². The number of carbonyl (C=O) groups is 2. The number of rotatable bonds is 4. The molecule has 0 aliphatic rings. The first-order chi connectivity index (χ1) is 11.0. The zero-order chi connectivity index (χ0) is 16.8. The van der Waals surface area contributed by atoms with E-state index >= 15 is 0 Å². The quantitative estimate of drug-likeness (QED) is 0.836. The van der Waals surface area contributed by atoms with Gasteiger partial charge in [-0.25, -0.2) is 0 Å². The van der Waals surface area contributed by atoms with Crippen LogP contribution in [0.15, 0.2) is 48.5 Å². The molecule has 1 amide bonds. The molecule has 0 fully saturated rings. The fourth-order valence-corrected chi connectivity index (χ4v) is 2.16. The Morgan fingerprint density at radius 1 is 1.09 bits per heavy atom. The lowest BCUT2D eigenvalue weighted by molar-refractivity contribution is -0.255. The molecule has 0 radical (unpaired) electrons. The number of anilines is 1. The second kappa shape index (κ2) is 7.51. The second-order valence-corrected chi connectivity index (χ2v) is 5.24. The van der Waals surface area contributed by atoms with Crippen molar-refractivity contribution in [2.45, 2.75) is 13.3 Å². The number of aryl methyl sites for hydroxylation is 1. The van der Waals surface area contributed by atoms with Crippen LogP contribution in [0.5, 0.6) is 0 Å². The summed E-state index contributed by atoms with van der Waals surface area (Å²) in [7, 11) is 0. The maximum atomic E-state index is 12.1. The van der Waals surface area contributed by atoms with Gasteiger partial charge in [-0.2, -0.15) is 0 Å². The molecule has 0 aliphatic carbocycles. The summed E-state index contributed by atoms with van der Waals surface area (Å²) in [4.78, 5) is 22.9. The second-order valence-electron chi connectivity index (χ2n) is 4.83. The summed E-state index contributed by atoms with van der Waals surface area (Å²) in [5.41, 5.74) is 2.12. The molecule has 0 atom stereocenters. The number of benzene rings is 2. The number of carbonyl (C=O) groups excluding carboxylic acids is 2. The van der Waals surface area contributed by atoms with Crippen molar-refractivity contribution in [2.24, 2.45) is 0 Å². The first-order valence-electron chi connectivity index (χ1n) is 7.02. The van der Waals surface area contributed by atoms with Gasteiger partial charge in [0.25, 0.3) is 5.91 Å². The molecule has 0 unspecified atom stereocenters. The number of aromatic carboxylic acids is 1. The molecule has 5 nitrogen and oxygen atoms in total. The average Bonchev–Trinajstić information content (AvgIpc) is 2.55. The van der Waals surface area contributed by atoms with Gasteiger partial charge in [-0.15, -0.1) is 0 Å². The van der Waals surface area contributed by atoms with Crippen molar-refractivity contribution in [1.82, 2.24) is 5.32 Å². The van der Waals surface area contributed by atoms with Crippen LogP contribution in [0.3, 0.4) is 0 Å². The molecule has 0 aliphatic heterocycles. The van der Waals surface area contributed by atoms with Gasteiger partial charge in [-0.05, 0) is 54.0 Å². The summed E-state index contributed by atoms with van der Waals surface area (Å²) in [6.45, 7) is 2.04. The SMILES string of the molecule is CCc1ccc(C(=O)NC(=S)Nc2cccc(C(=O)[O-])c2)cc1. The lowest BCUT2D eigenvalue weighted by Crippen LogP contribution is -2.34. The predicted octanol–water partition coefficient (Wildman–Crippen LogP) is 1.74. The van der Waals surface area contributed by atoms with E-state index < -0.39 is 5.97 Å². The molecule has 2 aromatic carbocycles. The normalized spacial score (nSPS) is 9.96. The fourth-order valence-electron chi connectivity index (χ4n) is 1.95. The van der Waals surface area contributed by atoms with E-state index in [9.17, 15) is 14.7 Å². The summed E-state index contributed by atoms with van der Waals surface area (Å²) in [6, 6.07) is 13.2. The van der Waals surface area contributed by atoms with Crippen LogP contribution in [-0.4, -0.2) is 17.0 Å². The van der Waals surface area contributed by atoms with Crippen LogP contribution in [-0.2, 0) is 6.42 Å². The van der Waals surface area contributed by atoms with Gasteiger partial charge in [-0.3, -0.25) is 10.1 Å². The number of carboxylic acid groups (broad SMARTS) is 1. The third kappa shape index (κ3) is 4.62. The summed E-state index contributed by atoms with van der Waals surface area (Å²) >= 11 is 5.06. The van der Waals surface area contributed by atoms with Crippen LogP contribution < -0.4 is 15.7 Å². The topological polar surface area (TPSA) is 81.3 Å². The molecule has 6 heteroatoms. The smallest absolute Gasteiger partial charge is 0.257 e. The number of carboxylic acids is 1. The Hall–Kier alpha value is -2.73. The van der Waals surface area contributed by atoms with Gasteiger partial charge in [0.2, 0.25) is 0 Å². The van der Waals surface area contributed by atoms with Crippen molar-refractivity contribution in [2.75, 3.05) is 5.32 Å². The van der Waals surface area contributed by atoms with E-state index in [1.807, 2.05) is 19.1 Å². The minimum Gasteiger partial charge on any atom is -0.545 e. The highest BCUT2D eigenvalue weighted by Crippen LogP contribution is 2.10. The zero-order valence-corrected chi connectivity index (χ0v) is 13.3. The highest BCUT2D eigenvalue weighted by Gasteiger charge is 2.08. The predicted molar refractivity (Wildman–Crippen MR) is 90.3 cm³/mol. The van der Waals surface area contributed by atoms with Crippen LogP contribution in [0.2, 0.25) is 0 Å². The van der Waals surface area contributed by atoms with Gasteiger partial charge in [0.05, 0.1) is 5.97 Å². The maximum Gasteiger partial charge on any atom is 0.257 e. The van der Waals surface area contributed by atoms with E-state index in [0.717, 1.165) is 12.0 Å². The first-order valence-corrected chi connectivity index (χ1v) is 7.43. The largest absolute Gasteiger partial charge is 0.545 e. The van der Waals surface area contributed by atoms with E-state index in [4.69, 9.17) is 12.2 Å². The minimum atomic E-state index is -1.28. The summed E-state index contributed by atoms with van der Waals surface area (Å²) in [6.07, 6.45) is 0.899. The third-order valence-electron chi connectivity index (χ3n) is 3.21. The Morgan fingerprint density at radius 3 is 2.39 bits per heavy atom. The van der Waals surface area contributed by atoms with Gasteiger partial charge in [0.15, 0.2) is 5.11 Å². The van der Waals surface area contributed by atoms with E-state index in [0.29, 0.717) is 11.3 Å². The van der Waals surface area contributed by atoms with Crippen molar-refractivity contribution < 1.29 is 14.7 Å². The zero-order valence-electron chi connectivity index (χ0n) is 12.5. The van der Waals surface area contributed by atoms with E-state index in [-0.39, 0.29) is 16.6 Å². The number of hydrogen-bond acceptors (Lipinski definition) is 4. The van der Waals surface area contributed by atoms with E-state index in [2.05, 4.69) is 10.6 Å². The monoisotopic (exact) mass is 327 g/mol. The first kappa shape index (κ1) is 16.6. The molecular weight excluding hydrogens is 312 g/mol. The Labute approximate surface area is 139 Å². The molecule has 2 N–H and O–H groups in total. The Bertz CT molecular complexity index is 742. The fraction of sp³-hybridized carbons (Fsp3) is 0.118. The van der Waals surface area contributed by atoms with Crippen molar-refractivity contribution in [3.63, 3.8) is 0 Å². The lowest BCUT2D eigenvalue weighted by Gasteiger charge is -2.11. The van der Waals surface area contributed by atoms with Gasteiger partial charge >= 0.3 is 0 Å². The van der Waals surface area contributed by atoms with E-state index in [1.54, 1.807) is 24.3 Å². The maximum absolute atomic E-state index is 12.1. The van der Waals surface area contributed by atoms with Gasteiger partial charge in [0, 0.05) is 11.3 Å². The van der Waals surface area contributed by atoms with E-state index in [1.165, 1.54) is 12.1 Å². The Kier molecular flexibility index (Phi) is 5.43. The molecular formula is C17H15N2O3S-. The number of amides is 1. The molecule has 0 saturated carbocycles. The van der Waals surface area contributed by atoms with Crippen molar-refractivity contribution in [3.8, 4) is 0 Å². The minimum absolute atomic E-state index is 0.0271. The Morgan fingerprint density at radius 2 is 1.78 bits per heavy atom. The molecule has 2 aromatic rings. The highest BCUT2D eigenvalue weighted by molar-refractivity contribution is 7.80. The number of thiocarbonyl (C=S) groups is 1. The van der Waals surface area contributed by atoms with Crippen molar-refractivity contribution >= 4 is 34.9 Å². The molecule has 0 bridgehead atoms. The lowest BCUT2D eigenvalue weighted by atomic mass is 10.1. The molecule has 118 valence electrons. The molecule has 0 heterocycles. The van der Waals surface area contributed by atoms with Gasteiger partial charge < -0.3 is 15.2 Å². The molecule has 0 saturated heterocycles. The average molecular weight is 327 g/mol. The third-order valence-corrected chi connectivity index (χ3v) is 3.41. The standard InChI is InChI=1S/C17H16N2O3S/c1-2-11-6-8-12(9-7-11)15(20)19-17(23)18-14-5-3-4-13(10-14)16(21)22/h3-10H,2H2,1H3,(H,21,22)(H2,18,19,20,23)/p-1. The Balaban J connectivity index is 1.99. The number of hydrogen-bond donors (Lipinski definition) is 2. The van der Waals surface area contributed by atoms with Crippen LogP contribution in [0.4, 0.5) is 5.69 Å². The van der Waals surface area contributed by atoms with Gasteiger partial charge in [-0.1, -0.05) is 31.2 Å². The van der Waals surface area contributed by atoms with Crippen LogP contribution >= 0.6 is 12.2 Å². The van der Waals surface area contributed by atoms with Crippen molar-refractivity contribution in [1.29, 1.82) is 0 Å². The van der Waals surface area contributed by atoms with Crippen LogP contribution in [0.1, 0.15) is 33.2 Å². The van der Waals surface area contributed by atoms with Crippen LogP contribution in [0, 0.1) is 0 Å². The van der Waals surface area contributed by atoms with Gasteiger partial charge in [0.1, 0.15) is 0 Å². The molecule has 0 aromatic heterocycles. The number of nitrogens with one attached hydrogen (secondary N) is 2.